The number of fused-ring (bicyclic) bond motifs is 1. The molecule has 1 radical (unpaired) electrons. The van der Waals surface area contributed by atoms with Crippen molar-refractivity contribution in [3.05, 3.63) is 0 Å². The fraction of sp³-hybridized carbons (Fsp3) is 1.00. The molecule has 0 aromatic carbocycles. The molecule has 5 aliphatic carbocycles. The summed E-state index contributed by atoms with van der Waals surface area (Å²) in [7, 11) is 2.72. The van der Waals surface area contributed by atoms with Crippen LogP contribution in [0.25, 0.3) is 0 Å². The second-order valence-electron chi connectivity index (χ2n) is 11.5. The standard InChI is InChI=1S/C23H38BS/c1-6-24-21(4)12-18-17-11-16(25)10-9-15-8-7-14(2)23(19(15)17)13-20(21,3)22(18,23)5/h14-19,25H,6-13H2,1-5H3. The van der Waals surface area contributed by atoms with E-state index in [1.807, 2.05) is 0 Å². The Hall–Kier alpha value is 0.415. The van der Waals surface area contributed by atoms with Crippen molar-refractivity contribution in [3.63, 3.8) is 0 Å². The Bertz CT molecular complexity index is 591. The van der Waals surface area contributed by atoms with Crippen molar-refractivity contribution >= 4 is 19.9 Å². The molecule has 1 spiro atoms. The van der Waals surface area contributed by atoms with Gasteiger partial charge in [0.25, 0.3) is 0 Å². The van der Waals surface area contributed by atoms with Crippen LogP contribution in [0.5, 0.6) is 0 Å². The van der Waals surface area contributed by atoms with Gasteiger partial charge in [0.05, 0.1) is 0 Å². The molecule has 0 nitrogen and oxygen atoms in total. The zero-order valence-electron chi connectivity index (χ0n) is 17.1. The second-order valence-corrected chi connectivity index (χ2v) is 12.2. The molecule has 5 aliphatic rings. The van der Waals surface area contributed by atoms with Gasteiger partial charge in [0.1, 0.15) is 7.28 Å². The van der Waals surface area contributed by atoms with E-state index in [2.05, 4.69) is 41.9 Å². The monoisotopic (exact) mass is 357 g/mol. The highest BCUT2D eigenvalue weighted by molar-refractivity contribution is 7.80. The first kappa shape index (κ1) is 17.5. The molecule has 0 aliphatic heterocycles. The Labute approximate surface area is 162 Å². The Morgan fingerprint density at radius 1 is 1.08 bits per heavy atom. The molecule has 0 bridgehead atoms. The third-order valence-corrected chi connectivity index (χ3v) is 11.9. The molecule has 0 aromatic rings. The van der Waals surface area contributed by atoms with Gasteiger partial charge in [-0.05, 0) is 84.4 Å². The molecule has 5 saturated carbocycles. The van der Waals surface area contributed by atoms with E-state index in [1.165, 1.54) is 51.3 Å². The lowest BCUT2D eigenvalue weighted by Crippen LogP contribution is -2.68. The van der Waals surface area contributed by atoms with Crippen molar-refractivity contribution < 1.29 is 0 Å². The Morgan fingerprint density at radius 2 is 1.80 bits per heavy atom. The summed E-state index contributed by atoms with van der Waals surface area (Å²) in [5.74, 6) is 4.92. The van der Waals surface area contributed by atoms with Gasteiger partial charge >= 0.3 is 0 Å². The summed E-state index contributed by atoms with van der Waals surface area (Å²) in [6, 6.07) is 0. The second kappa shape index (κ2) is 5.06. The van der Waals surface area contributed by atoms with Gasteiger partial charge in [-0.1, -0.05) is 52.7 Å². The van der Waals surface area contributed by atoms with Gasteiger partial charge in [0.15, 0.2) is 0 Å². The first-order valence-electron chi connectivity index (χ1n) is 11.3. The predicted octanol–water partition coefficient (Wildman–Crippen LogP) is 6.50. The summed E-state index contributed by atoms with van der Waals surface area (Å²) < 4.78 is 0. The van der Waals surface area contributed by atoms with Gasteiger partial charge in [-0.2, -0.15) is 12.6 Å². The molecule has 5 rings (SSSR count). The maximum Gasteiger partial charge on any atom is 0.117 e. The Balaban J connectivity index is 1.66. The lowest BCUT2D eigenvalue weighted by Gasteiger charge is -2.75. The number of hydrogen-bond donors (Lipinski definition) is 1. The molecule has 0 amide bonds. The molecule has 10 atom stereocenters. The maximum absolute atomic E-state index is 5.06. The van der Waals surface area contributed by atoms with Gasteiger partial charge < -0.3 is 0 Å². The molecule has 0 aromatic heterocycles. The van der Waals surface area contributed by atoms with Crippen LogP contribution in [0.15, 0.2) is 0 Å². The van der Waals surface area contributed by atoms with E-state index in [-0.39, 0.29) is 0 Å². The Kier molecular flexibility index (Phi) is 3.55. The minimum atomic E-state index is 0.461. The molecule has 0 N–H and O–H groups in total. The fourth-order valence-electron chi connectivity index (χ4n) is 10.4. The molecule has 25 heavy (non-hydrogen) atoms. The third-order valence-electron chi connectivity index (χ3n) is 11.4. The maximum atomic E-state index is 5.06. The highest BCUT2D eigenvalue weighted by Gasteiger charge is 2.87. The van der Waals surface area contributed by atoms with Crippen molar-refractivity contribution in [2.24, 2.45) is 45.8 Å². The first-order chi connectivity index (χ1) is 11.7. The van der Waals surface area contributed by atoms with E-state index in [0.29, 0.717) is 26.8 Å². The Morgan fingerprint density at radius 3 is 2.52 bits per heavy atom. The molecule has 10 unspecified atom stereocenters. The minimum absolute atomic E-state index is 0.461. The lowest BCUT2D eigenvalue weighted by molar-refractivity contribution is -0.247. The van der Waals surface area contributed by atoms with Gasteiger partial charge in [0.2, 0.25) is 0 Å². The summed E-state index contributed by atoms with van der Waals surface area (Å²) in [6.07, 6.45) is 11.5. The highest BCUT2D eigenvalue weighted by Crippen LogP contribution is 2.94. The van der Waals surface area contributed by atoms with Crippen molar-refractivity contribution in [2.75, 3.05) is 0 Å². The quantitative estimate of drug-likeness (QED) is 0.423. The van der Waals surface area contributed by atoms with Crippen molar-refractivity contribution in [1.82, 2.24) is 0 Å². The molecule has 5 fully saturated rings. The third kappa shape index (κ3) is 1.64. The van der Waals surface area contributed by atoms with Crippen LogP contribution in [0.3, 0.4) is 0 Å². The zero-order valence-corrected chi connectivity index (χ0v) is 18.0. The van der Waals surface area contributed by atoms with Gasteiger partial charge in [0, 0.05) is 5.25 Å². The van der Waals surface area contributed by atoms with Crippen LogP contribution in [0.2, 0.25) is 11.6 Å². The molecular weight excluding hydrogens is 319 g/mol. The lowest BCUT2D eigenvalue weighted by atomic mass is 9.26. The topological polar surface area (TPSA) is 0 Å². The summed E-state index contributed by atoms with van der Waals surface area (Å²) in [4.78, 5) is 0. The van der Waals surface area contributed by atoms with Crippen LogP contribution >= 0.6 is 12.6 Å². The summed E-state index contributed by atoms with van der Waals surface area (Å²) in [6.45, 7) is 13.1. The molecule has 139 valence electrons. The van der Waals surface area contributed by atoms with E-state index in [0.717, 1.165) is 29.6 Å². The number of thiol groups is 1. The minimum Gasteiger partial charge on any atom is -0.176 e. The summed E-state index contributed by atoms with van der Waals surface area (Å²) >= 11 is 5.06. The smallest absolute Gasteiger partial charge is 0.117 e. The van der Waals surface area contributed by atoms with Crippen LogP contribution in [-0.4, -0.2) is 12.5 Å². The summed E-state index contributed by atoms with van der Waals surface area (Å²) in [5.41, 5.74) is 1.78. The first-order valence-corrected chi connectivity index (χ1v) is 11.8. The predicted molar refractivity (Wildman–Crippen MR) is 111 cm³/mol. The normalized spacial score (nSPS) is 64.9. The van der Waals surface area contributed by atoms with Gasteiger partial charge in [-0.15, -0.1) is 0 Å². The van der Waals surface area contributed by atoms with Crippen LogP contribution < -0.4 is 0 Å². The van der Waals surface area contributed by atoms with Crippen LogP contribution in [-0.2, 0) is 0 Å². The van der Waals surface area contributed by atoms with Crippen molar-refractivity contribution in [3.8, 4) is 0 Å². The molecule has 0 saturated heterocycles. The van der Waals surface area contributed by atoms with Crippen LogP contribution in [0.1, 0.15) is 79.6 Å². The highest BCUT2D eigenvalue weighted by atomic mass is 32.1. The molecular formula is C23H38BS. The SMILES string of the molecule is CC[B]C1(C)CC2C3CC(S)CCC4CCC(C)C5(CC1(C)C25C)C43. The van der Waals surface area contributed by atoms with E-state index < -0.39 is 0 Å². The van der Waals surface area contributed by atoms with Crippen molar-refractivity contribution in [2.45, 2.75) is 96.4 Å². The van der Waals surface area contributed by atoms with E-state index >= 15 is 0 Å². The summed E-state index contributed by atoms with van der Waals surface area (Å²) in [5, 5.41) is 1.12. The van der Waals surface area contributed by atoms with Gasteiger partial charge in [-0.25, -0.2) is 0 Å². The van der Waals surface area contributed by atoms with E-state index in [4.69, 9.17) is 12.6 Å². The van der Waals surface area contributed by atoms with Gasteiger partial charge in [-0.3, -0.25) is 0 Å². The molecule has 0 heterocycles. The average molecular weight is 357 g/mol. The molecule has 2 heteroatoms. The number of rotatable bonds is 2. The van der Waals surface area contributed by atoms with Crippen LogP contribution in [0.4, 0.5) is 0 Å². The average Bonchev–Trinajstić information content (AvgIpc) is 2.73. The largest absolute Gasteiger partial charge is 0.176 e. The van der Waals surface area contributed by atoms with Crippen molar-refractivity contribution in [1.29, 1.82) is 0 Å². The van der Waals surface area contributed by atoms with E-state index in [1.54, 1.807) is 0 Å². The zero-order chi connectivity index (χ0) is 17.8. The number of hydrogen-bond acceptors (Lipinski definition) is 1. The fourth-order valence-corrected chi connectivity index (χ4v) is 10.8. The van der Waals surface area contributed by atoms with E-state index in [9.17, 15) is 0 Å². The van der Waals surface area contributed by atoms with Crippen LogP contribution in [0, 0.1) is 45.8 Å².